The number of urea groups is 1. The van der Waals surface area contributed by atoms with Gasteiger partial charge in [-0.25, -0.2) is 9.18 Å². The summed E-state index contributed by atoms with van der Waals surface area (Å²) in [6.45, 7) is 7.12. The number of carbonyl (C=O) groups excluding carboxylic acids is 1. The fourth-order valence-corrected chi connectivity index (χ4v) is 3.77. The van der Waals surface area contributed by atoms with Gasteiger partial charge in [0, 0.05) is 31.1 Å². The molecule has 1 N–H and O–H groups in total. The van der Waals surface area contributed by atoms with E-state index in [4.69, 9.17) is 4.42 Å². The van der Waals surface area contributed by atoms with Crippen LogP contribution in [0.25, 0.3) is 0 Å². The van der Waals surface area contributed by atoms with Gasteiger partial charge in [-0.05, 0) is 45.4 Å². The SMILES string of the molecule is CC(C)NC(=O)N1CC[C@H](F)[C@@]2(CCN(Cc3ccco3)C2)C1. The van der Waals surface area contributed by atoms with Crippen molar-refractivity contribution >= 4 is 6.03 Å². The number of hydrogen-bond donors (Lipinski definition) is 1. The highest BCUT2D eigenvalue weighted by Gasteiger charge is 2.49. The van der Waals surface area contributed by atoms with E-state index in [2.05, 4.69) is 10.2 Å². The molecule has 6 heteroatoms. The van der Waals surface area contributed by atoms with Gasteiger partial charge in [-0.15, -0.1) is 0 Å². The second kappa shape index (κ2) is 6.51. The summed E-state index contributed by atoms with van der Waals surface area (Å²) in [5.74, 6) is 0.905. The molecule has 0 bridgehead atoms. The van der Waals surface area contributed by atoms with Crippen molar-refractivity contribution in [2.45, 2.75) is 45.4 Å². The van der Waals surface area contributed by atoms with Crippen LogP contribution in [0.4, 0.5) is 9.18 Å². The van der Waals surface area contributed by atoms with Crippen LogP contribution < -0.4 is 5.32 Å². The van der Waals surface area contributed by atoms with E-state index >= 15 is 0 Å². The van der Waals surface area contributed by atoms with Gasteiger partial charge in [0.05, 0.1) is 12.8 Å². The number of carbonyl (C=O) groups is 1. The first-order valence-corrected chi connectivity index (χ1v) is 8.43. The van der Waals surface area contributed by atoms with Crippen LogP contribution >= 0.6 is 0 Å². The molecular formula is C17H26FN3O2. The van der Waals surface area contributed by atoms with Crippen molar-refractivity contribution in [1.29, 1.82) is 0 Å². The molecule has 3 heterocycles. The van der Waals surface area contributed by atoms with E-state index in [0.717, 1.165) is 18.7 Å². The number of amides is 2. The first-order chi connectivity index (χ1) is 11.0. The molecule has 2 amide bonds. The Labute approximate surface area is 136 Å². The minimum absolute atomic E-state index is 0.0734. The number of rotatable bonds is 3. The van der Waals surface area contributed by atoms with Crippen molar-refractivity contribution in [3.63, 3.8) is 0 Å². The van der Waals surface area contributed by atoms with Crippen LogP contribution in [0.15, 0.2) is 22.8 Å². The van der Waals surface area contributed by atoms with Crippen molar-refractivity contribution < 1.29 is 13.6 Å². The summed E-state index contributed by atoms with van der Waals surface area (Å²) in [5, 5.41) is 2.92. The minimum Gasteiger partial charge on any atom is -0.468 e. The Morgan fingerprint density at radius 1 is 1.48 bits per heavy atom. The Morgan fingerprint density at radius 2 is 2.30 bits per heavy atom. The zero-order chi connectivity index (χ0) is 16.4. The highest BCUT2D eigenvalue weighted by atomic mass is 19.1. The molecular weight excluding hydrogens is 297 g/mol. The number of likely N-dealkylation sites (tertiary alicyclic amines) is 2. The van der Waals surface area contributed by atoms with Gasteiger partial charge in [-0.1, -0.05) is 0 Å². The molecule has 2 fully saturated rings. The van der Waals surface area contributed by atoms with Crippen LogP contribution in [0.3, 0.4) is 0 Å². The average Bonchev–Trinajstić information content (AvgIpc) is 3.13. The van der Waals surface area contributed by atoms with Crippen molar-refractivity contribution in [2.75, 3.05) is 26.2 Å². The summed E-state index contributed by atoms with van der Waals surface area (Å²) in [6, 6.07) is 3.84. The Balaban J connectivity index is 1.64. The number of furan rings is 1. The predicted molar refractivity (Wildman–Crippen MR) is 85.8 cm³/mol. The van der Waals surface area contributed by atoms with Gasteiger partial charge >= 0.3 is 6.03 Å². The molecule has 128 valence electrons. The summed E-state index contributed by atoms with van der Waals surface area (Å²) in [6.07, 6.45) is 2.05. The molecule has 0 radical (unpaired) electrons. The molecule has 2 saturated heterocycles. The molecule has 2 aliphatic rings. The van der Waals surface area contributed by atoms with E-state index in [-0.39, 0.29) is 12.1 Å². The first kappa shape index (κ1) is 16.3. The molecule has 3 rings (SSSR count). The van der Waals surface area contributed by atoms with Crippen LogP contribution in [0.1, 0.15) is 32.4 Å². The average molecular weight is 323 g/mol. The fraction of sp³-hybridized carbons (Fsp3) is 0.706. The molecule has 2 atom stereocenters. The fourth-order valence-electron chi connectivity index (χ4n) is 3.77. The number of nitrogens with zero attached hydrogens (tertiary/aromatic N) is 2. The van der Waals surface area contributed by atoms with E-state index < -0.39 is 11.6 Å². The summed E-state index contributed by atoms with van der Waals surface area (Å²) in [7, 11) is 0. The molecule has 23 heavy (non-hydrogen) atoms. The number of piperidine rings is 1. The van der Waals surface area contributed by atoms with Crippen molar-refractivity contribution in [1.82, 2.24) is 15.1 Å². The summed E-state index contributed by atoms with van der Waals surface area (Å²) in [4.78, 5) is 16.3. The van der Waals surface area contributed by atoms with Crippen LogP contribution in [0, 0.1) is 5.41 Å². The summed E-state index contributed by atoms with van der Waals surface area (Å²) in [5.41, 5.74) is -0.431. The number of nitrogens with one attached hydrogen (secondary N) is 1. The van der Waals surface area contributed by atoms with Gasteiger partial charge < -0.3 is 14.6 Å². The van der Waals surface area contributed by atoms with Gasteiger partial charge in [0.1, 0.15) is 11.9 Å². The van der Waals surface area contributed by atoms with Gasteiger partial charge in [0.15, 0.2) is 0 Å². The maximum atomic E-state index is 14.7. The summed E-state index contributed by atoms with van der Waals surface area (Å²) >= 11 is 0. The standard InChI is InChI=1S/C17H26FN3O2/c1-13(2)19-16(22)21-7-5-15(18)17(12-21)6-8-20(11-17)10-14-4-3-9-23-14/h3-4,9,13,15H,5-8,10-12H2,1-2H3,(H,19,22)/t15-,17+/m0/s1. The second-order valence-electron chi connectivity index (χ2n) is 7.18. The molecule has 5 nitrogen and oxygen atoms in total. The predicted octanol–water partition coefficient (Wildman–Crippen LogP) is 2.63. The highest BCUT2D eigenvalue weighted by Crippen LogP contribution is 2.41. The molecule has 1 aromatic heterocycles. The van der Waals surface area contributed by atoms with Crippen molar-refractivity contribution in [3.05, 3.63) is 24.2 Å². The monoisotopic (exact) mass is 323 g/mol. The lowest BCUT2D eigenvalue weighted by Crippen LogP contribution is -2.56. The Bertz CT molecular complexity index is 534. The van der Waals surface area contributed by atoms with Crippen molar-refractivity contribution in [2.24, 2.45) is 5.41 Å². The van der Waals surface area contributed by atoms with Gasteiger partial charge in [0.25, 0.3) is 0 Å². The molecule has 0 aromatic carbocycles. The highest BCUT2D eigenvalue weighted by molar-refractivity contribution is 5.74. The van der Waals surface area contributed by atoms with Crippen LogP contribution in [-0.4, -0.2) is 54.2 Å². The number of alkyl halides is 1. The molecule has 0 saturated carbocycles. The molecule has 0 unspecified atom stereocenters. The third-order valence-electron chi connectivity index (χ3n) is 4.95. The largest absolute Gasteiger partial charge is 0.468 e. The normalized spacial score (nSPS) is 28.7. The van der Waals surface area contributed by atoms with Gasteiger partial charge in [-0.2, -0.15) is 0 Å². The minimum atomic E-state index is -0.841. The molecule has 1 aromatic rings. The van der Waals surface area contributed by atoms with E-state index in [1.165, 1.54) is 0 Å². The lowest BCUT2D eigenvalue weighted by molar-refractivity contribution is 0.0242. The number of halogens is 1. The van der Waals surface area contributed by atoms with E-state index in [9.17, 15) is 9.18 Å². The first-order valence-electron chi connectivity index (χ1n) is 8.43. The van der Waals surface area contributed by atoms with Crippen LogP contribution in [0.5, 0.6) is 0 Å². The Morgan fingerprint density at radius 3 is 3.00 bits per heavy atom. The molecule has 0 aliphatic carbocycles. The second-order valence-corrected chi connectivity index (χ2v) is 7.18. The smallest absolute Gasteiger partial charge is 0.317 e. The maximum absolute atomic E-state index is 14.7. The van der Waals surface area contributed by atoms with E-state index in [1.807, 2.05) is 26.0 Å². The lowest BCUT2D eigenvalue weighted by atomic mass is 9.77. The maximum Gasteiger partial charge on any atom is 0.317 e. The quantitative estimate of drug-likeness (QED) is 0.930. The summed E-state index contributed by atoms with van der Waals surface area (Å²) < 4.78 is 20.1. The lowest BCUT2D eigenvalue weighted by Gasteiger charge is -2.43. The van der Waals surface area contributed by atoms with Crippen molar-refractivity contribution in [3.8, 4) is 0 Å². The Kier molecular flexibility index (Phi) is 4.62. The zero-order valence-electron chi connectivity index (χ0n) is 13.9. The topological polar surface area (TPSA) is 48.7 Å². The van der Waals surface area contributed by atoms with Crippen LogP contribution in [-0.2, 0) is 6.54 Å². The Hall–Kier alpha value is -1.56. The van der Waals surface area contributed by atoms with Gasteiger partial charge in [-0.3, -0.25) is 4.90 Å². The van der Waals surface area contributed by atoms with Crippen LogP contribution in [0.2, 0.25) is 0 Å². The third kappa shape index (κ3) is 3.52. The zero-order valence-corrected chi connectivity index (χ0v) is 13.9. The van der Waals surface area contributed by atoms with E-state index in [1.54, 1.807) is 11.2 Å². The van der Waals surface area contributed by atoms with Gasteiger partial charge in [0.2, 0.25) is 0 Å². The molecule has 1 spiro atoms. The molecule has 2 aliphatic heterocycles. The number of hydrogen-bond acceptors (Lipinski definition) is 3. The van der Waals surface area contributed by atoms with E-state index in [0.29, 0.717) is 32.6 Å². The third-order valence-corrected chi connectivity index (χ3v) is 4.95.